The molecular formula is C18H24N4O4S. The number of piperazine rings is 1. The number of nitrogens with zero attached hydrogens (tertiary/aromatic N) is 3. The van der Waals surface area contributed by atoms with Crippen LogP contribution in [0.4, 0.5) is 5.82 Å². The first-order valence-electron chi connectivity index (χ1n) is 8.95. The predicted molar refractivity (Wildman–Crippen MR) is 101 cm³/mol. The SMILES string of the molecule is CCC(C(=O)Nc1cc(C)on1)N1CCN(S(=O)(=O)c2ccccc2)CC1. The minimum atomic E-state index is -3.50. The van der Waals surface area contributed by atoms with Crippen LogP contribution in [0.25, 0.3) is 0 Å². The Morgan fingerprint density at radius 2 is 1.89 bits per heavy atom. The number of aromatic nitrogens is 1. The highest BCUT2D eigenvalue weighted by molar-refractivity contribution is 7.89. The Hall–Kier alpha value is -2.23. The van der Waals surface area contributed by atoms with E-state index in [1.54, 1.807) is 43.3 Å². The molecule has 2 aromatic rings. The Kier molecular flexibility index (Phi) is 5.93. The molecule has 1 saturated heterocycles. The van der Waals surface area contributed by atoms with Crippen molar-refractivity contribution < 1.29 is 17.7 Å². The van der Waals surface area contributed by atoms with Gasteiger partial charge in [0, 0.05) is 32.2 Å². The summed E-state index contributed by atoms with van der Waals surface area (Å²) in [6, 6.07) is 9.74. The molecule has 0 saturated carbocycles. The van der Waals surface area contributed by atoms with Gasteiger partial charge in [-0.25, -0.2) is 8.42 Å². The molecule has 0 radical (unpaired) electrons. The Labute approximate surface area is 159 Å². The maximum absolute atomic E-state index is 12.7. The zero-order chi connectivity index (χ0) is 19.4. The lowest BCUT2D eigenvalue weighted by Crippen LogP contribution is -2.54. The van der Waals surface area contributed by atoms with E-state index in [-0.39, 0.29) is 11.9 Å². The van der Waals surface area contributed by atoms with Gasteiger partial charge in [0.15, 0.2) is 5.82 Å². The molecule has 9 heteroatoms. The zero-order valence-electron chi connectivity index (χ0n) is 15.5. The summed E-state index contributed by atoms with van der Waals surface area (Å²) in [6.45, 7) is 5.39. The van der Waals surface area contributed by atoms with Crippen LogP contribution >= 0.6 is 0 Å². The van der Waals surface area contributed by atoms with E-state index in [2.05, 4.69) is 10.5 Å². The number of aryl methyl sites for hydroxylation is 1. The number of carbonyl (C=O) groups excluding carboxylic acids is 1. The third-order valence-electron chi connectivity index (χ3n) is 4.66. The van der Waals surface area contributed by atoms with E-state index < -0.39 is 10.0 Å². The highest BCUT2D eigenvalue weighted by Gasteiger charge is 2.33. The second-order valence-electron chi connectivity index (χ2n) is 6.49. The van der Waals surface area contributed by atoms with Crippen molar-refractivity contribution in [3.8, 4) is 0 Å². The van der Waals surface area contributed by atoms with Crippen LogP contribution < -0.4 is 5.32 Å². The Morgan fingerprint density at radius 1 is 1.22 bits per heavy atom. The smallest absolute Gasteiger partial charge is 0.243 e. The molecule has 1 atom stereocenters. The topological polar surface area (TPSA) is 95.8 Å². The van der Waals surface area contributed by atoms with Crippen LogP contribution in [-0.2, 0) is 14.8 Å². The van der Waals surface area contributed by atoms with Gasteiger partial charge in [-0.1, -0.05) is 30.3 Å². The number of rotatable bonds is 6. The van der Waals surface area contributed by atoms with Crippen molar-refractivity contribution in [1.82, 2.24) is 14.4 Å². The van der Waals surface area contributed by atoms with Gasteiger partial charge in [0.2, 0.25) is 15.9 Å². The van der Waals surface area contributed by atoms with Crippen LogP contribution in [0.2, 0.25) is 0 Å². The van der Waals surface area contributed by atoms with Gasteiger partial charge < -0.3 is 9.84 Å². The Balaban J connectivity index is 1.62. The molecule has 2 heterocycles. The third kappa shape index (κ3) is 4.37. The molecular weight excluding hydrogens is 368 g/mol. The fourth-order valence-corrected chi connectivity index (χ4v) is 4.68. The highest BCUT2D eigenvalue weighted by Crippen LogP contribution is 2.19. The fourth-order valence-electron chi connectivity index (χ4n) is 3.24. The van der Waals surface area contributed by atoms with Crippen molar-refractivity contribution in [1.29, 1.82) is 0 Å². The van der Waals surface area contributed by atoms with E-state index in [1.165, 1.54) is 4.31 Å². The molecule has 0 bridgehead atoms. The van der Waals surface area contributed by atoms with Gasteiger partial charge in [0.1, 0.15) is 5.76 Å². The molecule has 1 aromatic heterocycles. The van der Waals surface area contributed by atoms with Gasteiger partial charge in [-0.05, 0) is 25.5 Å². The molecule has 27 heavy (non-hydrogen) atoms. The van der Waals surface area contributed by atoms with E-state index >= 15 is 0 Å². The molecule has 1 unspecified atom stereocenters. The summed E-state index contributed by atoms with van der Waals surface area (Å²) in [6.07, 6.45) is 0.619. The number of hydrogen-bond acceptors (Lipinski definition) is 6. The summed E-state index contributed by atoms with van der Waals surface area (Å²) in [5.41, 5.74) is 0. The first-order valence-corrected chi connectivity index (χ1v) is 10.4. The summed E-state index contributed by atoms with van der Waals surface area (Å²) in [5.74, 6) is 0.851. The number of benzene rings is 1. The summed E-state index contributed by atoms with van der Waals surface area (Å²) in [7, 11) is -3.50. The van der Waals surface area contributed by atoms with Gasteiger partial charge in [0.25, 0.3) is 0 Å². The molecule has 1 amide bonds. The number of sulfonamides is 1. The van der Waals surface area contributed by atoms with Crippen LogP contribution in [0.3, 0.4) is 0 Å². The van der Waals surface area contributed by atoms with Crippen molar-refractivity contribution in [3.63, 3.8) is 0 Å². The first kappa shape index (κ1) is 19.5. The number of nitrogens with one attached hydrogen (secondary N) is 1. The van der Waals surface area contributed by atoms with E-state index in [0.717, 1.165) is 0 Å². The maximum Gasteiger partial charge on any atom is 0.243 e. The lowest BCUT2D eigenvalue weighted by atomic mass is 10.1. The second kappa shape index (κ2) is 8.20. The number of amides is 1. The Bertz CT molecular complexity index is 874. The summed E-state index contributed by atoms with van der Waals surface area (Å²) >= 11 is 0. The van der Waals surface area contributed by atoms with E-state index in [4.69, 9.17) is 4.52 Å². The molecule has 1 aliphatic heterocycles. The van der Waals surface area contributed by atoms with Crippen LogP contribution in [0.1, 0.15) is 19.1 Å². The van der Waals surface area contributed by atoms with E-state index in [0.29, 0.717) is 49.1 Å². The van der Waals surface area contributed by atoms with Crippen molar-refractivity contribution in [2.45, 2.75) is 31.2 Å². The molecule has 1 fully saturated rings. The molecule has 1 aromatic carbocycles. The van der Waals surface area contributed by atoms with Crippen LogP contribution in [-0.4, -0.2) is 60.9 Å². The zero-order valence-corrected chi connectivity index (χ0v) is 16.3. The molecule has 0 aliphatic carbocycles. The lowest BCUT2D eigenvalue weighted by molar-refractivity contribution is -0.121. The van der Waals surface area contributed by atoms with Crippen molar-refractivity contribution in [2.75, 3.05) is 31.5 Å². The first-order chi connectivity index (χ1) is 12.9. The number of hydrogen-bond donors (Lipinski definition) is 1. The normalized spacial score (nSPS) is 17.6. The van der Waals surface area contributed by atoms with E-state index in [9.17, 15) is 13.2 Å². The average molecular weight is 392 g/mol. The van der Waals surface area contributed by atoms with Gasteiger partial charge >= 0.3 is 0 Å². The van der Waals surface area contributed by atoms with Gasteiger partial charge in [-0.2, -0.15) is 4.31 Å². The molecule has 1 N–H and O–H groups in total. The van der Waals surface area contributed by atoms with Gasteiger partial charge in [0.05, 0.1) is 10.9 Å². The van der Waals surface area contributed by atoms with Gasteiger partial charge in [-0.15, -0.1) is 0 Å². The van der Waals surface area contributed by atoms with E-state index in [1.807, 2.05) is 11.8 Å². The van der Waals surface area contributed by atoms with Crippen LogP contribution in [0, 0.1) is 6.92 Å². The maximum atomic E-state index is 12.7. The molecule has 3 rings (SSSR count). The summed E-state index contributed by atoms with van der Waals surface area (Å²) in [4.78, 5) is 14.9. The van der Waals surface area contributed by atoms with Crippen LogP contribution in [0.15, 0.2) is 45.8 Å². The minimum Gasteiger partial charge on any atom is -0.360 e. The van der Waals surface area contributed by atoms with Gasteiger partial charge in [-0.3, -0.25) is 9.69 Å². The fraction of sp³-hybridized carbons (Fsp3) is 0.444. The number of anilines is 1. The number of carbonyl (C=O) groups is 1. The molecule has 8 nitrogen and oxygen atoms in total. The lowest BCUT2D eigenvalue weighted by Gasteiger charge is -2.37. The second-order valence-corrected chi connectivity index (χ2v) is 8.43. The monoisotopic (exact) mass is 392 g/mol. The standard InChI is InChI=1S/C18H24N4O4S/c1-3-16(18(23)19-17-13-14(2)26-20-17)21-9-11-22(12-10-21)27(24,25)15-7-5-4-6-8-15/h4-8,13,16H,3,9-12H2,1-2H3,(H,19,20,23). The summed E-state index contributed by atoms with van der Waals surface area (Å²) < 4.78 is 31.9. The quantitative estimate of drug-likeness (QED) is 0.804. The van der Waals surface area contributed by atoms with Crippen molar-refractivity contribution in [3.05, 3.63) is 42.2 Å². The third-order valence-corrected chi connectivity index (χ3v) is 6.58. The largest absolute Gasteiger partial charge is 0.360 e. The molecule has 0 spiro atoms. The minimum absolute atomic E-state index is 0.162. The average Bonchev–Trinajstić information content (AvgIpc) is 3.08. The highest BCUT2D eigenvalue weighted by atomic mass is 32.2. The molecule has 1 aliphatic rings. The Morgan fingerprint density at radius 3 is 2.44 bits per heavy atom. The van der Waals surface area contributed by atoms with Crippen molar-refractivity contribution >= 4 is 21.7 Å². The van der Waals surface area contributed by atoms with Crippen molar-refractivity contribution in [2.24, 2.45) is 0 Å². The summed E-state index contributed by atoms with van der Waals surface area (Å²) in [5, 5.41) is 6.54. The van der Waals surface area contributed by atoms with Crippen LogP contribution in [0.5, 0.6) is 0 Å². The molecule has 146 valence electrons. The predicted octanol–water partition coefficient (Wildman–Crippen LogP) is 1.71.